The van der Waals surface area contributed by atoms with E-state index in [-0.39, 0.29) is 29.4 Å². The first kappa shape index (κ1) is 18.9. The van der Waals surface area contributed by atoms with E-state index in [2.05, 4.69) is 16.5 Å². The Morgan fingerprint density at radius 1 is 1.36 bits per heavy atom. The standard InChI is InChI=1S/C19H20N4O3S2/c1-12-9-16(22-26-12)21-17(24)10-27-11-18(25)23-8-4-6-14(23)19-20-13-5-2-3-7-15(13)28-19/h2-3,5,7,9,14H,4,6,8,10-11H2,1H3,(H,21,22,24). The van der Waals surface area contributed by atoms with E-state index < -0.39 is 0 Å². The lowest BCUT2D eigenvalue weighted by Gasteiger charge is -2.22. The van der Waals surface area contributed by atoms with Crippen LogP contribution >= 0.6 is 23.1 Å². The minimum Gasteiger partial charge on any atom is -0.360 e. The van der Waals surface area contributed by atoms with Crippen LogP contribution in [0.4, 0.5) is 5.82 Å². The highest BCUT2D eigenvalue weighted by Gasteiger charge is 2.32. The molecule has 3 aromatic rings. The number of aromatic nitrogens is 2. The summed E-state index contributed by atoms with van der Waals surface area (Å²) >= 11 is 2.96. The first-order valence-corrected chi connectivity index (χ1v) is 11.0. The first-order chi connectivity index (χ1) is 13.6. The van der Waals surface area contributed by atoms with Gasteiger partial charge in [0.05, 0.1) is 27.8 Å². The van der Waals surface area contributed by atoms with Gasteiger partial charge in [0, 0.05) is 12.6 Å². The lowest BCUT2D eigenvalue weighted by atomic mass is 10.2. The molecular formula is C19H20N4O3S2. The zero-order chi connectivity index (χ0) is 19.5. The number of fused-ring (bicyclic) bond motifs is 1. The fraction of sp³-hybridized carbons (Fsp3) is 0.368. The number of thioether (sulfide) groups is 1. The van der Waals surface area contributed by atoms with Gasteiger partial charge in [-0.3, -0.25) is 9.59 Å². The third-order valence-corrected chi connectivity index (χ3v) is 6.58. The molecule has 28 heavy (non-hydrogen) atoms. The number of anilines is 1. The molecule has 1 N–H and O–H groups in total. The fourth-order valence-corrected chi connectivity index (χ4v) is 5.09. The molecule has 4 rings (SSSR count). The van der Waals surface area contributed by atoms with Crippen molar-refractivity contribution in [1.82, 2.24) is 15.0 Å². The molecule has 1 fully saturated rings. The van der Waals surface area contributed by atoms with E-state index in [0.717, 1.165) is 34.6 Å². The first-order valence-electron chi connectivity index (χ1n) is 9.06. The summed E-state index contributed by atoms with van der Waals surface area (Å²) in [5.74, 6) is 1.34. The molecule has 0 radical (unpaired) electrons. The van der Waals surface area contributed by atoms with Crippen LogP contribution in [0.3, 0.4) is 0 Å². The second-order valence-electron chi connectivity index (χ2n) is 6.63. The Morgan fingerprint density at radius 2 is 2.21 bits per heavy atom. The number of aryl methyl sites for hydroxylation is 1. The second-order valence-corrected chi connectivity index (χ2v) is 8.68. The van der Waals surface area contributed by atoms with Crippen molar-refractivity contribution in [1.29, 1.82) is 0 Å². The van der Waals surface area contributed by atoms with Gasteiger partial charge in [-0.05, 0) is 31.9 Å². The van der Waals surface area contributed by atoms with Crippen molar-refractivity contribution in [2.45, 2.75) is 25.8 Å². The van der Waals surface area contributed by atoms with Crippen molar-refractivity contribution in [2.75, 3.05) is 23.4 Å². The Balaban J connectivity index is 1.31. The summed E-state index contributed by atoms with van der Waals surface area (Å²) in [5, 5.41) is 7.38. The van der Waals surface area contributed by atoms with Crippen molar-refractivity contribution < 1.29 is 14.1 Å². The van der Waals surface area contributed by atoms with Gasteiger partial charge in [0.25, 0.3) is 0 Å². The van der Waals surface area contributed by atoms with Crippen LogP contribution in [-0.4, -0.2) is 44.9 Å². The lowest BCUT2D eigenvalue weighted by molar-refractivity contribution is -0.129. The maximum Gasteiger partial charge on any atom is 0.235 e. The van der Waals surface area contributed by atoms with Crippen molar-refractivity contribution in [3.63, 3.8) is 0 Å². The number of likely N-dealkylation sites (tertiary alicyclic amines) is 1. The van der Waals surface area contributed by atoms with Crippen molar-refractivity contribution in [2.24, 2.45) is 0 Å². The summed E-state index contributed by atoms with van der Waals surface area (Å²) in [6, 6.07) is 9.73. The Morgan fingerprint density at radius 3 is 3.00 bits per heavy atom. The highest BCUT2D eigenvalue weighted by molar-refractivity contribution is 8.00. The molecule has 1 aliphatic heterocycles. The van der Waals surface area contributed by atoms with Crippen molar-refractivity contribution in [3.05, 3.63) is 41.1 Å². The highest BCUT2D eigenvalue weighted by atomic mass is 32.2. The number of hydrogen-bond acceptors (Lipinski definition) is 7. The van der Waals surface area contributed by atoms with Gasteiger partial charge in [0.2, 0.25) is 11.8 Å². The van der Waals surface area contributed by atoms with E-state index in [1.807, 2.05) is 23.1 Å². The number of amides is 2. The molecule has 1 unspecified atom stereocenters. The van der Waals surface area contributed by atoms with E-state index in [9.17, 15) is 9.59 Å². The predicted molar refractivity (Wildman–Crippen MR) is 111 cm³/mol. The summed E-state index contributed by atoms with van der Waals surface area (Å²) in [4.78, 5) is 31.3. The summed E-state index contributed by atoms with van der Waals surface area (Å²) in [5.41, 5.74) is 0.982. The van der Waals surface area contributed by atoms with Crippen LogP contribution in [0, 0.1) is 6.92 Å². The number of para-hydroxylation sites is 1. The summed E-state index contributed by atoms with van der Waals surface area (Å²) in [7, 11) is 0. The largest absolute Gasteiger partial charge is 0.360 e. The molecule has 1 atom stereocenters. The average molecular weight is 417 g/mol. The predicted octanol–water partition coefficient (Wildman–Crippen LogP) is 3.63. The maximum absolute atomic E-state index is 12.7. The van der Waals surface area contributed by atoms with Crippen molar-refractivity contribution in [3.8, 4) is 0 Å². The fourth-order valence-electron chi connectivity index (χ4n) is 3.27. The van der Waals surface area contributed by atoms with Gasteiger partial charge in [0.15, 0.2) is 5.82 Å². The molecule has 7 nitrogen and oxygen atoms in total. The monoisotopic (exact) mass is 416 g/mol. The smallest absolute Gasteiger partial charge is 0.235 e. The van der Waals surface area contributed by atoms with Crippen LogP contribution in [0.5, 0.6) is 0 Å². The van der Waals surface area contributed by atoms with E-state index >= 15 is 0 Å². The van der Waals surface area contributed by atoms with Gasteiger partial charge >= 0.3 is 0 Å². The van der Waals surface area contributed by atoms with Crippen LogP contribution in [0.25, 0.3) is 10.2 Å². The highest BCUT2D eigenvalue weighted by Crippen LogP contribution is 2.36. The van der Waals surface area contributed by atoms with Crippen LogP contribution in [0.1, 0.15) is 29.7 Å². The SMILES string of the molecule is Cc1cc(NC(=O)CSCC(=O)N2CCCC2c2nc3ccccc3s2)no1. The molecule has 2 amide bonds. The molecule has 2 aromatic heterocycles. The molecule has 1 saturated heterocycles. The number of benzene rings is 1. The molecule has 146 valence electrons. The van der Waals surface area contributed by atoms with Crippen LogP contribution in [0.15, 0.2) is 34.9 Å². The lowest BCUT2D eigenvalue weighted by Crippen LogP contribution is -2.32. The zero-order valence-electron chi connectivity index (χ0n) is 15.4. The maximum atomic E-state index is 12.7. The third kappa shape index (κ3) is 4.20. The molecule has 0 bridgehead atoms. The van der Waals surface area contributed by atoms with E-state index in [1.165, 1.54) is 11.8 Å². The molecule has 1 aliphatic rings. The van der Waals surface area contributed by atoms with Gasteiger partial charge in [-0.15, -0.1) is 23.1 Å². The Kier molecular flexibility index (Phi) is 5.63. The number of carbonyl (C=O) groups is 2. The van der Waals surface area contributed by atoms with Gasteiger partial charge in [0.1, 0.15) is 10.8 Å². The minimum atomic E-state index is -0.199. The molecule has 9 heteroatoms. The third-order valence-electron chi connectivity index (χ3n) is 4.52. The minimum absolute atomic E-state index is 0.0393. The molecule has 0 spiro atoms. The summed E-state index contributed by atoms with van der Waals surface area (Å²) < 4.78 is 6.06. The molecule has 0 saturated carbocycles. The normalized spacial score (nSPS) is 16.6. The topological polar surface area (TPSA) is 88.3 Å². The zero-order valence-corrected chi connectivity index (χ0v) is 17.0. The van der Waals surface area contributed by atoms with Crippen LogP contribution in [0.2, 0.25) is 0 Å². The van der Waals surface area contributed by atoms with E-state index in [4.69, 9.17) is 9.51 Å². The van der Waals surface area contributed by atoms with Crippen molar-refractivity contribution >= 4 is 50.9 Å². The second kappa shape index (κ2) is 8.32. The van der Waals surface area contributed by atoms with E-state index in [0.29, 0.717) is 11.6 Å². The van der Waals surface area contributed by atoms with E-state index in [1.54, 1.807) is 24.3 Å². The van der Waals surface area contributed by atoms with Gasteiger partial charge in [-0.1, -0.05) is 17.3 Å². The summed E-state index contributed by atoms with van der Waals surface area (Å²) in [6.45, 7) is 2.50. The Labute approximate surface area is 170 Å². The molecular weight excluding hydrogens is 396 g/mol. The van der Waals surface area contributed by atoms with Crippen LogP contribution in [-0.2, 0) is 9.59 Å². The number of carbonyl (C=O) groups excluding carboxylic acids is 2. The average Bonchev–Trinajstić information content (AvgIpc) is 3.40. The number of nitrogens with one attached hydrogen (secondary N) is 1. The quantitative estimate of drug-likeness (QED) is 0.660. The molecule has 1 aromatic carbocycles. The van der Waals surface area contributed by atoms with Crippen LogP contribution < -0.4 is 5.32 Å². The Hall–Kier alpha value is -2.39. The number of thiazole rings is 1. The summed E-state index contributed by atoms with van der Waals surface area (Å²) in [6.07, 6.45) is 1.91. The molecule has 0 aliphatic carbocycles. The number of hydrogen-bond donors (Lipinski definition) is 1. The number of rotatable bonds is 6. The van der Waals surface area contributed by atoms with Gasteiger partial charge in [-0.25, -0.2) is 4.98 Å². The van der Waals surface area contributed by atoms with Gasteiger partial charge < -0.3 is 14.7 Å². The Bertz CT molecular complexity index is 967. The molecule has 3 heterocycles. The van der Waals surface area contributed by atoms with Gasteiger partial charge in [-0.2, -0.15) is 0 Å². The number of nitrogens with zero attached hydrogens (tertiary/aromatic N) is 3.